The number of aromatic hydroxyl groups is 1. The molecule has 1 unspecified atom stereocenters. The SMILES string of the molecule is Cc1cc(O)c(CNCC(C)O)cc1C. The normalized spacial score (nSPS) is 12.8. The third-order valence-corrected chi connectivity index (χ3v) is 2.45. The Hall–Kier alpha value is -1.06. The standard InChI is InChI=1S/C12H19NO2/c1-8-4-11(7-13-6-10(3)14)12(15)5-9(8)2/h4-5,10,13-15H,6-7H2,1-3H3. The summed E-state index contributed by atoms with van der Waals surface area (Å²) in [4.78, 5) is 0. The van der Waals surface area contributed by atoms with E-state index in [9.17, 15) is 5.11 Å². The highest BCUT2D eigenvalue weighted by molar-refractivity contribution is 5.40. The molecule has 0 fully saturated rings. The molecule has 0 saturated heterocycles. The lowest BCUT2D eigenvalue weighted by atomic mass is 10.1. The van der Waals surface area contributed by atoms with Gasteiger partial charge in [0, 0.05) is 18.7 Å². The molecule has 0 bridgehead atoms. The Morgan fingerprint density at radius 2 is 1.87 bits per heavy atom. The highest BCUT2D eigenvalue weighted by Gasteiger charge is 2.04. The van der Waals surface area contributed by atoms with Crippen LogP contribution in [-0.2, 0) is 6.54 Å². The highest BCUT2D eigenvalue weighted by atomic mass is 16.3. The van der Waals surface area contributed by atoms with Crippen LogP contribution in [0.2, 0.25) is 0 Å². The number of benzene rings is 1. The maximum absolute atomic E-state index is 9.68. The van der Waals surface area contributed by atoms with Crippen molar-refractivity contribution in [3.05, 3.63) is 28.8 Å². The van der Waals surface area contributed by atoms with Gasteiger partial charge in [0.25, 0.3) is 0 Å². The number of nitrogens with one attached hydrogen (secondary N) is 1. The molecule has 0 aliphatic heterocycles. The summed E-state index contributed by atoms with van der Waals surface area (Å²) >= 11 is 0. The molecule has 3 heteroatoms. The van der Waals surface area contributed by atoms with Crippen LogP contribution in [0.5, 0.6) is 5.75 Å². The number of rotatable bonds is 4. The van der Waals surface area contributed by atoms with Gasteiger partial charge < -0.3 is 15.5 Å². The summed E-state index contributed by atoms with van der Waals surface area (Å²) in [7, 11) is 0. The van der Waals surface area contributed by atoms with Crippen LogP contribution in [-0.4, -0.2) is 22.9 Å². The zero-order valence-corrected chi connectivity index (χ0v) is 9.54. The summed E-state index contributed by atoms with van der Waals surface area (Å²) in [6, 6.07) is 3.74. The monoisotopic (exact) mass is 209 g/mol. The van der Waals surface area contributed by atoms with Gasteiger partial charge in [-0.25, -0.2) is 0 Å². The molecular formula is C12H19NO2. The van der Waals surface area contributed by atoms with Crippen LogP contribution in [0.3, 0.4) is 0 Å². The van der Waals surface area contributed by atoms with Gasteiger partial charge in [-0.1, -0.05) is 6.07 Å². The largest absolute Gasteiger partial charge is 0.508 e. The predicted octanol–water partition coefficient (Wildman–Crippen LogP) is 1.48. The average molecular weight is 209 g/mol. The van der Waals surface area contributed by atoms with Crippen molar-refractivity contribution in [1.82, 2.24) is 5.32 Å². The minimum Gasteiger partial charge on any atom is -0.508 e. The Kier molecular flexibility index (Phi) is 4.12. The molecule has 3 N–H and O–H groups in total. The van der Waals surface area contributed by atoms with Crippen LogP contribution in [0.4, 0.5) is 0 Å². The highest BCUT2D eigenvalue weighted by Crippen LogP contribution is 2.21. The summed E-state index contributed by atoms with van der Waals surface area (Å²) in [6.45, 7) is 6.84. The predicted molar refractivity (Wildman–Crippen MR) is 61.0 cm³/mol. The van der Waals surface area contributed by atoms with Crippen molar-refractivity contribution in [3.8, 4) is 5.75 Å². The molecule has 1 atom stereocenters. The van der Waals surface area contributed by atoms with E-state index < -0.39 is 0 Å². The lowest BCUT2D eigenvalue weighted by molar-refractivity contribution is 0.191. The molecule has 1 aromatic carbocycles. The van der Waals surface area contributed by atoms with Gasteiger partial charge in [0.15, 0.2) is 0 Å². The average Bonchev–Trinajstić information content (AvgIpc) is 2.13. The van der Waals surface area contributed by atoms with Crippen LogP contribution in [0, 0.1) is 13.8 Å². The van der Waals surface area contributed by atoms with Gasteiger partial charge in [-0.05, 0) is 38.0 Å². The second-order valence-corrected chi connectivity index (χ2v) is 4.05. The molecule has 0 saturated carbocycles. The molecule has 0 radical (unpaired) electrons. The molecule has 0 aromatic heterocycles. The van der Waals surface area contributed by atoms with Crippen LogP contribution in [0.15, 0.2) is 12.1 Å². The quantitative estimate of drug-likeness (QED) is 0.704. The maximum atomic E-state index is 9.68. The molecule has 0 amide bonds. The fraction of sp³-hybridized carbons (Fsp3) is 0.500. The Bertz CT molecular complexity index is 335. The van der Waals surface area contributed by atoms with Crippen LogP contribution in [0.1, 0.15) is 23.6 Å². The molecule has 3 nitrogen and oxygen atoms in total. The molecule has 0 heterocycles. The Morgan fingerprint density at radius 1 is 1.27 bits per heavy atom. The second kappa shape index (κ2) is 5.14. The number of phenolic OH excluding ortho intramolecular Hbond substituents is 1. The van der Waals surface area contributed by atoms with Gasteiger partial charge in [0.1, 0.15) is 5.75 Å². The first-order valence-corrected chi connectivity index (χ1v) is 5.18. The molecule has 15 heavy (non-hydrogen) atoms. The molecule has 84 valence electrons. The smallest absolute Gasteiger partial charge is 0.120 e. The van der Waals surface area contributed by atoms with E-state index in [0.29, 0.717) is 18.8 Å². The van der Waals surface area contributed by atoms with E-state index in [1.54, 1.807) is 13.0 Å². The van der Waals surface area contributed by atoms with Crippen molar-refractivity contribution in [2.45, 2.75) is 33.4 Å². The number of aliphatic hydroxyl groups is 1. The first-order valence-electron chi connectivity index (χ1n) is 5.18. The van der Waals surface area contributed by atoms with E-state index in [-0.39, 0.29) is 6.10 Å². The van der Waals surface area contributed by atoms with Gasteiger partial charge in [-0.15, -0.1) is 0 Å². The zero-order valence-electron chi connectivity index (χ0n) is 9.54. The summed E-state index contributed by atoms with van der Waals surface area (Å²) in [6.07, 6.45) is -0.362. The van der Waals surface area contributed by atoms with E-state index in [1.165, 1.54) is 5.56 Å². The van der Waals surface area contributed by atoms with Gasteiger partial charge >= 0.3 is 0 Å². The number of phenols is 1. The zero-order chi connectivity index (χ0) is 11.4. The molecular weight excluding hydrogens is 190 g/mol. The summed E-state index contributed by atoms with van der Waals surface area (Å²) in [5.74, 6) is 0.316. The Balaban J connectivity index is 2.65. The van der Waals surface area contributed by atoms with E-state index in [1.807, 2.05) is 19.9 Å². The van der Waals surface area contributed by atoms with E-state index >= 15 is 0 Å². The fourth-order valence-corrected chi connectivity index (χ4v) is 1.42. The van der Waals surface area contributed by atoms with Crippen molar-refractivity contribution < 1.29 is 10.2 Å². The fourth-order valence-electron chi connectivity index (χ4n) is 1.42. The molecule has 1 aromatic rings. The summed E-state index contributed by atoms with van der Waals surface area (Å²) in [5, 5.41) is 21.8. The van der Waals surface area contributed by atoms with E-state index in [4.69, 9.17) is 5.11 Å². The van der Waals surface area contributed by atoms with E-state index in [2.05, 4.69) is 5.32 Å². The van der Waals surface area contributed by atoms with Crippen molar-refractivity contribution in [3.63, 3.8) is 0 Å². The molecule has 0 spiro atoms. The van der Waals surface area contributed by atoms with Crippen LogP contribution >= 0.6 is 0 Å². The Morgan fingerprint density at radius 3 is 2.47 bits per heavy atom. The topological polar surface area (TPSA) is 52.5 Å². The lowest BCUT2D eigenvalue weighted by Gasteiger charge is -2.10. The van der Waals surface area contributed by atoms with Crippen molar-refractivity contribution in [2.24, 2.45) is 0 Å². The second-order valence-electron chi connectivity index (χ2n) is 4.05. The minimum atomic E-state index is -0.362. The van der Waals surface area contributed by atoms with Gasteiger partial charge in [-0.3, -0.25) is 0 Å². The molecule has 0 aliphatic carbocycles. The number of aliphatic hydroxyl groups excluding tert-OH is 1. The van der Waals surface area contributed by atoms with Crippen LogP contribution in [0.25, 0.3) is 0 Å². The summed E-state index contributed by atoms with van der Waals surface area (Å²) in [5.41, 5.74) is 3.13. The van der Waals surface area contributed by atoms with Crippen molar-refractivity contribution in [1.29, 1.82) is 0 Å². The van der Waals surface area contributed by atoms with Crippen molar-refractivity contribution in [2.75, 3.05) is 6.54 Å². The Labute approximate surface area is 90.8 Å². The maximum Gasteiger partial charge on any atom is 0.120 e. The first kappa shape index (κ1) is 12.0. The van der Waals surface area contributed by atoms with Gasteiger partial charge in [-0.2, -0.15) is 0 Å². The van der Waals surface area contributed by atoms with Crippen molar-refractivity contribution >= 4 is 0 Å². The number of hydrogen-bond acceptors (Lipinski definition) is 3. The number of hydrogen-bond donors (Lipinski definition) is 3. The molecule has 0 aliphatic rings. The lowest BCUT2D eigenvalue weighted by Crippen LogP contribution is -2.23. The van der Waals surface area contributed by atoms with Gasteiger partial charge in [0.2, 0.25) is 0 Å². The molecule has 1 rings (SSSR count). The van der Waals surface area contributed by atoms with E-state index in [0.717, 1.165) is 11.1 Å². The third kappa shape index (κ3) is 3.53. The van der Waals surface area contributed by atoms with Gasteiger partial charge in [0.05, 0.1) is 6.10 Å². The number of aryl methyl sites for hydroxylation is 2. The minimum absolute atomic E-state index is 0.316. The third-order valence-electron chi connectivity index (χ3n) is 2.45. The van der Waals surface area contributed by atoms with Crippen LogP contribution < -0.4 is 5.32 Å². The first-order chi connectivity index (χ1) is 7.00. The summed E-state index contributed by atoms with van der Waals surface area (Å²) < 4.78 is 0.